The van der Waals surface area contributed by atoms with Gasteiger partial charge < -0.3 is 4.74 Å². The van der Waals surface area contributed by atoms with Crippen LogP contribution in [0.3, 0.4) is 0 Å². The number of ether oxygens (including phenoxy) is 1. The topological polar surface area (TPSA) is 85.4 Å². The number of rotatable bonds is 5. The molecule has 1 aromatic rings. The molecule has 0 bridgehead atoms. The molecule has 0 aliphatic heterocycles. The summed E-state index contributed by atoms with van der Waals surface area (Å²) in [6.45, 7) is 1.73. The Morgan fingerprint density at radius 1 is 1.53 bits per heavy atom. The Balaban J connectivity index is 2.66. The van der Waals surface area contributed by atoms with Gasteiger partial charge in [-0.2, -0.15) is 0 Å². The predicted octanol–water partition coefficient (Wildman–Crippen LogP) is 1.04. The highest BCUT2D eigenvalue weighted by Gasteiger charge is 2.17. The largest absolute Gasteiger partial charge is 0.465 e. The maximum atomic E-state index is 11.5. The van der Waals surface area contributed by atoms with E-state index in [1.54, 1.807) is 6.92 Å². The van der Waals surface area contributed by atoms with Crippen LogP contribution in [0.1, 0.15) is 6.92 Å². The van der Waals surface area contributed by atoms with Crippen LogP contribution in [0.2, 0.25) is 5.15 Å². The fourth-order valence-electron chi connectivity index (χ4n) is 1.01. The number of carbonyl (C=O) groups is 1. The molecule has 0 unspecified atom stereocenters. The summed E-state index contributed by atoms with van der Waals surface area (Å²) in [5, 5.41) is 0.248. The highest BCUT2D eigenvalue weighted by molar-refractivity contribution is 7.93. The van der Waals surface area contributed by atoms with Gasteiger partial charge in [-0.3, -0.25) is 9.52 Å². The van der Waals surface area contributed by atoms with Gasteiger partial charge in [-0.25, -0.2) is 13.4 Å². The smallest absolute Gasteiger partial charge is 0.323 e. The molecule has 8 heteroatoms. The third kappa shape index (κ3) is 5.01. The van der Waals surface area contributed by atoms with E-state index in [-0.39, 0.29) is 17.4 Å². The monoisotopic (exact) mass is 278 g/mol. The van der Waals surface area contributed by atoms with Gasteiger partial charge in [0.15, 0.2) is 5.75 Å². The lowest BCUT2D eigenvalue weighted by Crippen LogP contribution is -2.24. The summed E-state index contributed by atoms with van der Waals surface area (Å²) >= 11 is 5.55. The molecule has 0 saturated carbocycles. The first-order valence-corrected chi connectivity index (χ1v) is 6.73. The third-order valence-electron chi connectivity index (χ3n) is 1.61. The van der Waals surface area contributed by atoms with E-state index < -0.39 is 21.7 Å². The molecule has 0 radical (unpaired) electrons. The normalized spacial score (nSPS) is 10.9. The number of pyridine rings is 1. The lowest BCUT2D eigenvalue weighted by molar-refractivity contribution is -0.139. The number of hydrogen-bond acceptors (Lipinski definition) is 5. The average molecular weight is 279 g/mol. The van der Waals surface area contributed by atoms with Gasteiger partial charge in [-0.15, -0.1) is 0 Å². The van der Waals surface area contributed by atoms with Crippen molar-refractivity contribution in [2.24, 2.45) is 0 Å². The summed E-state index contributed by atoms with van der Waals surface area (Å²) < 4.78 is 29.7. The number of anilines is 1. The Morgan fingerprint density at radius 3 is 2.76 bits per heavy atom. The van der Waals surface area contributed by atoms with Gasteiger partial charge >= 0.3 is 5.97 Å². The lowest BCUT2D eigenvalue weighted by Gasteiger charge is -2.06. The van der Waals surface area contributed by atoms with E-state index in [2.05, 4.69) is 14.4 Å². The van der Waals surface area contributed by atoms with Crippen molar-refractivity contribution in [1.29, 1.82) is 0 Å². The molecule has 0 atom stereocenters. The van der Waals surface area contributed by atoms with Crippen molar-refractivity contribution < 1.29 is 17.9 Å². The highest BCUT2D eigenvalue weighted by atomic mass is 35.5. The van der Waals surface area contributed by atoms with Crippen LogP contribution in [0.15, 0.2) is 18.3 Å². The minimum Gasteiger partial charge on any atom is -0.465 e. The van der Waals surface area contributed by atoms with Gasteiger partial charge in [0.1, 0.15) is 5.15 Å². The van der Waals surface area contributed by atoms with Crippen LogP contribution in [0.5, 0.6) is 0 Å². The van der Waals surface area contributed by atoms with Gasteiger partial charge in [0, 0.05) is 0 Å². The van der Waals surface area contributed by atoms with E-state index in [4.69, 9.17) is 11.6 Å². The predicted molar refractivity (Wildman–Crippen MR) is 63.3 cm³/mol. The molecule has 1 N–H and O–H groups in total. The molecule has 0 aliphatic rings. The van der Waals surface area contributed by atoms with Crippen LogP contribution in [0.4, 0.5) is 5.69 Å². The first-order chi connectivity index (χ1) is 7.93. The Bertz CT molecular complexity index is 486. The number of hydrogen-bond donors (Lipinski definition) is 1. The second-order valence-corrected chi connectivity index (χ2v) is 5.15. The van der Waals surface area contributed by atoms with Crippen molar-refractivity contribution in [3.05, 3.63) is 23.5 Å². The Morgan fingerprint density at radius 2 is 2.24 bits per heavy atom. The van der Waals surface area contributed by atoms with Gasteiger partial charge in [0.2, 0.25) is 10.0 Å². The van der Waals surface area contributed by atoms with E-state index in [9.17, 15) is 13.2 Å². The first-order valence-electron chi connectivity index (χ1n) is 4.70. The zero-order chi connectivity index (χ0) is 12.9. The van der Waals surface area contributed by atoms with Crippen molar-refractivity contribution in [1.82, 2.24) is 4.98 Å². The highest BCUT2D eigenvalue weighted by Crippen LogP contribution is 2.11. The fraction of sp³-hybridized carbons (Fsp3) is 0.333. The van der Waals surface area contributed by atoms with Gasteiger partial charge in [0.25, 0.3) is 0 Å². The molecule has 1 heterocycles. The van der Waals surface area contributed by atoms with Crippen LogP contribution < -0.4 is 4.72 Å². The number of nitrogens with zero attached hydrogens (tertiary/aromatic N) is 1. The van der Waals surface area contributed by atoms with E-state index in [0.717, 1.165) is 0 Å². The Kier molecular flexibility index (Phi) is 4.71. The maximum Gasteiger partial charge on any atom is 0.323 e. The second-order valence-electron chi connectivity index (χ2n) is 3.04. The molecule has 1 rings (SSSR count). The summed E-state index contributed by atoms with van der Waals surface area (Å²) in [5.74, 6) is -1.54. The number of halogens is 1. The van der Waals surface area contributed by atoms with E-state index >= 15 is 0 Å². The van der Waals surface area contributed by atoms with Gasteiger partial charge in [0.05, 0.1) is 18.5 Å². The Hall–Kier alpha value is -1.34. The molecule has 0 fully saturated rings. The molecule has 0 aromatic carbocycles. The van der Waals surface area contributed by atoms with Crippen LogP contribution in [-0.2, 0) is 19.6 Å². The lowest BCUT2D eigenvalue weighted by atomic mass is 10.4. The van der Waals surface area contributed by atoms with E-state index in [0.29, 0.717) is 0 Å². The van der Waals surface area contributed by atoms with Crippen molar-refractivity contribution in [2.75, 3.05) is 17.1 Å². The SMILES string of the molecule is CCOC(=O)CS(=O)(=O)Nc1ccc(Cl)nc1. The average Bonchev–Trinajstić information content (AvgIpc) is 2.20. The number of aromatic nitrogens is 1. The molecular formula is C9H11ClN2O4S. The molecule has 6 nitrogen and oxygen atoms in total. The van der Waals surface area contributed by atoms with Crippen molar-refractivity contribution in [3.63, 3.8) is 0 Å². The zero-order valence-corrected chi connectivity index (χ0v) is 10.6. The van der Waals surface area contributed by atoms with Gasteiger partial charge in [-0.05, 0) is 19.1 Å². The van der Waals surface area contributed by atoms with Gasteiger partial charge in [-0.1, -0.05) is 11.6 Å². The molecule has 1 aromatic heterocycles. The molecule has 0 saturated heterocycles. The summed E-state index contributed by atoms with van der Waals surface area (Å²) in [6, 6.07) is 2.88. The maximum absolute atomic E-state index is 11.5. The molecule has 0 amide bonds. The summed E-state index contributed by atoms with van der Waals surface area (Å²) in [4.78, 5) is 14.7. The number of sulfonamides is 1. The molecular weight excluding hydrogens is 268 g/mol. The molecule has 0 spiro atoms. The van der Waals surface area contributed by atoms with Crippen LogP contribution in [-0.4, -0.2) is 31.7 Å². The number of nitrogens with one attached hydrogen (secondary N) is 1. The molecule has 0 aliphatic carbocycles. The van der Waals surface area contributed by atoms with Crippen LogP contribution in [0.25, 0.3) is 0 Å². The number of esters is 1. The summed E-state index contributed by atoms with van der Waals surface area (Å²) in [5.41, 5.74) is 0.235. The first kappa shape index (κ1) is 13.7. The number of carbonyl (C=O) groups excluding carboxylic acids is 1. The minimum absolute atomic E-state index is 0.136. The van der Waals surface area contributed by atoms with Crippen molar-refractivity contribution >= 4 is 33.3 Å². The molecule has 17 heavy (non-hydrogen) atoms. The summed E-state index contributed by atoms with van der Waals surface area (Å²) in [7, 11) is -3.78. The zero-order valence-electron chi connectivity index (χ0n) is 9.01. The standard InChI is InChI=1S/C9H11ClN2O4S/c1-2-16-9(13)6-17(14,15)12-7-3-4-8(10)11-5-7/h3-5,12H,2,6H2,1H3. The minimum atomic E-state index is -3.78. The summed E-state index contributed by atoms with van der Waals surface area (Å²) in [6.07, 6.45) is 1.25. The van der Waals surface area contributed by atoms with Crippen LogP contribution in [0, 0.1) is 0 Å². The van der Waals surface area contributed by atoms with Crippen molar-refractivity contribution in [3.8, 4) is 0 Å². The van der Waals surface area contributed by atoms with Crippen LogP contribution >= 0.6 is 11.6 Å². The van der Waals surface area contributed by atoms with E-state index in [1.807, 2.05) is 0 Å². The molecule has 94 valence electrons. The van der Waals surface area contributed by atoms with Crippen molar-refractivity contribution in [2.45, 2.75) is 6.92 Å². The fourth-order valence-corrected chi connectivity index (χ4v) is 2.07. The third-order valence-corrected chi connectivity index (χ3v) is 3.00. The second kappa shape index (κ2) is 5.83. The quantitative estimate of drug-likeness (QED) is 0.642. The Labute approximate surface area is 104 Å². The van der Waals surface area contributed by atoms with E-state index in [1.165, 1.54) is 18.3 Å².